The smallest absolute Gasteiger partial charge is 0.296 e. The summed E-state index contributed by atoms with van der Waals surface area (Å²) in [5.41, 5.74) is 3.46. The number of imidazole rings is 1. The molecule has 1 unspecified atom stereocenters. The largest absolute Gasteiger partial charge is 0.491 e. The first kappa shape index (κ1) is 24.5. The number of aromatic amines is 1. The van der Waals surface area contributed by atoms with Crippen molar-refractivity contribution >= 4 is 22.8 Å². The fraction of sp³-hybridized carbons (Fsp3) is 0.556. The highest BCUT2D eigenvalue weighted by Crippen LogP contribution is 2.40. The summed E-state index contributed by atoms with van der Waals surface area (Å²) in [6.07, 6.45) is 2.93. The Morgan fingerprint density at radius 2 is 1.95 bits per heavy atom. The number of hydrogen-bond donors (Lipinski definition) is 2. The molecular formula is C27H29ClFN3O6. The number of fused-ring (bicyclic) bond motifs is 3. The summed E-state index contributed by atoms with van der Waals surface area (Å²) in [6, 6.07) is 5.46. The van der Waals surface area contributed by atoms with E-state index >= 15 is 4.39 Å². The molecule has 11 heteroatoms. The van der Waals surface area contributed by atoms with E-state index in [0.717, 1.165) is 31.2 Å². The van der Waals surface area contributed by atoms with Gasteiger partial charge in [0, 0.05) is 6.07 Å². The highest BCUT2D eigenvalue weighted by molar-refractivity contribution is 6.31. The molecule has 202 valence electrons. The van der Waals surface area contributed by atoms with Crippen LogP contribution in [-0.2, 0) is 27.1 Å². The number of nitrogens with zero attached hydrogens (tertiary/aromatic N) is 2. The molecule has 0 spiro atoms. The Hall–Kier alpha value is -2.50. The molecule has 2 aliphatic heterocycles. The van der Waals surface area contributed by atoms with Gasteiger partial charge in [0.05, 0.1) is 42.2 Å². The van der Waals surface area contributed by atoms with Crippen LogP contribution in [-0.4, -0.2) is 77.0 Å². The van der Waals surface area contributed by atoms with Crippen molar-refractivity contribution in [2.75, 3.05) is 26.4 Å². The molecule has 2 aromatic heterocycles. The lowest BCUT2D eigenvalue weighted by atomic mass is 9.95. The Bertz CT molecular complexity index is 1350. The van der Waals surface area contributed by atoms with Crippen molar-refractivity contribution in [2.24, 2.45) is 0 Å². The minimum Gasteiger partial charge on any atom is -0.491 e. The van der Waals surface area contributed by atoms with Crippen LogP contribution in [0.5, 0.6) is 11.8 Å². The number of benzene rings is 1. The van der Waals surface area contributed by atoms with Gasteiger partial charge in [-0.2, -0.15) is 4.98 Å². The van der Waals surface area contributed by atoms with Crippen molar-refractivity contribution in [3.05, 3.63) is 45.9 Å². The molecule has 4 heterocycles. The van der Waals surface area contributed by atoms with Crippen LogP contribution in [0.2, 0.25) is 5.02 Å². The van der Waals surface area contributed by atoms with Crippen LogP contribution in [0.3, 0.4) is 0 Å². The van der Waals surface area contributed by atoms with Crippen molar-refractivity contribution in [3.8, 4) is 11.8 Å². The van der Waals surface area contributed by atoms with Gasteiger partial charge in [-0.1, -0.05) is 11.6 Å². The maximum absolute atomic E-state index is 15.2. The number of rotatable bonds is 9. The third-order valence-electron chi connectivity index (χ3n) is 7.75. The first-order chi connectivity index (χ1) is 18.5. The normalized spacial score (nSPS) is 28.1. The molecule has 2 N–H and O–H groups in total. The number of aliphatic hydroxyl groups excluding tert-OH is 1. The lowest BCUT2D eigenvalue weighted by Crippen LogP contribution is -2.34. The second kappa shape index (κ2) is 9.91. The van der Waals surface area contributed by atoms with E-state index in [1.807, 2.05) is 6.07 Å². The lowest BCUT2D eigenvalue weighted by molar-refractivity contribution is 0.00706. The van der Waals surface area contributed by atoms with Gasteiger partial charge in [0.2, 0.25) is 0 Å². The number of H-pyrrole nitrogens is 1. The number of hydrogen-bond acceptors (Lipinski definition) is 8. The number of aryl methyl sites for hydroxylation is 1. The van der Waals surface area contributed by atoms with Crippen LogP contribution in [0.25, 0.3) is 11.2 Å². The third-order valence-corrected chi connectivity index (χ3v) is 8.08. The van der Waals surface area contributed by atoms with Crippen molar-refractivity contribution in [1.29, 1.82) is 0 Å². The van der Waals surface area contributed by atoms with Crippen LogP contribution < -0.4 is 9.47 Å². The van der Waals surface area contributed by atoms with E-state index in [1.54, 1.807) is 6.07 Å². The Morgan fingerprint density at radius 3 is 2.82 bits per heavy atom. The van der Waals surface area contributed by atoms with Crippen LogP contribution in [0.1, 0.15) is 42.0 Å². The van der Waals surface area contributed by atoms with Crippen molar-refractivity contribution in [2.45, 2.75) is 68.5 Å². The van der Waals surface area contributed by atoms with Gasteiger partial charge < -0.3 is 33.8 Å². The van der Waals surface area contributed by atoms with Crippen molar-refractivity contribution in [3.63, 3.8) is 0 Å². The average Bonchev–Trinajstić information content (AvgIpc) is 3.16. The fourth-order valence-electron chi connectivity index (χ4n) is 5.74. The minimum atomic E-state index is -0.650. The number of aliphatic hydroxyl groups is 1. The summed E-state index contributed by atoms with van der Waals surface area (Å²) >= 11 is 6.60. The molecule has 2 saturated heterocycles. The molecule has 0 bridgehead atoms. The first-order valence-electron chi connectivity index (χ1n) is 13.2. The van der Waals surface area contributed by atoms with E-state index < -0.39 is 6.10 Å². The number of nitrogens with one attached hydrogen (secondary N) is 1. The van der Waals surface area contributed by atoms with Gasteiger partial charge in [0.1, 0.15) is 36.5 Å². The lowest BCUT2D eigenvalue weighted by Gasteiger charge is -2.15. The Labute approximate surface area is 223 Å². The number of pyridine rings is 1. The van der Waals surface area contributed by atoms with Gasteiger partial charge in [-0.3, -0.25) is 0 Å². The molecule has 0 radical (unpaired) electrons. The Morgan fingerprint density at radius 1 is 1.08 bits per heavy atom. The Kier molecular flexibility index (Phi) is 6.40. The molecule has 9 nitrogen and oxygen atoms in total. The van der Waals surface area contributed by atoms with Crippen LogP contribution in [0, 0.1) is 5.82 Å². The number of halogens is 2. The monoisotopic (exact) mass is 545 g/mol. The van der Waals surface area contributed by atoms with Crippen LogP contribution in [0.4, 0.5) is 4.39 Å². The molecule has 0 amide bonds. The molecule has 5 atom stereocenters. The molecule has 1 aromatic carbocycles. The van der Waals surface area contributed by atoms with E-state index in [9.17, 15) is 5.11 Å². The van der Waals surface area contributed by atoms with E-state index in [-0.39, 0.29) is 42.7 Å². The van der Waals surface area contributed by atoms with Gasteiger partial charge >= 0.3 is 0 Å². The first-order valence-corrected chi connectivity index (χ1v) is 13.6. The van der Waals surface area contributed by atoms with E-state index in [0.29, 0.717) is 65.5 Å². The number of ether oxygens (including phenoxy) is 5. The van der Waals surface area contributed by atoms with Gasteiger partial charge in [-0.15, -0.1) is 0 Å². The van der Waals surface area contributed by atoms with Crippen LogP contribution >= 0.6 is 11.6 Å². The van der Waals surface area contributed by atoms with Crippen LogP contribution in [0.15, 0.2) is 18.2 Å². The molecule has 3 aromatic rings. The molecule has 7 rings (SSSR count). The van der Waals surface area contributed by atoms with Gasteiger partial charge in [-0.25, -0.2) is 9.37 Å². The van der Waals surface area contributed by atoms with E-state index in [4.69, 9.17) is 35.3 Å². The molecule has 38 heavy (non-hydrogen) atoms. The van der Waals surface area contributed by atoms with Crippen molar-refractivity contribution in [1.82, 2.24) is 15.0 Å². The molecule has 4 aliphatic rings. The molecular weight excluding hydrogens is 517 g/mol. The summed E-state index contributed by atoms with van der Waals surface area (Å²) < 4.78 is 43.7. The maximum atomic E-state index is 15.2. The fourth-order valence-corrected chi connectivity index (χ4v) is 5.96. The SMILES string of the molecule is O[C@@H]1CO[C@H]2[C@@H]1OC[C@H]2Oc1nc2nc(CC3CCc4cc(OCCOC5CC5)cc(F)c43)c(Cl)cc2[nH]1. The van der Waals surface area contributed by atoms with Gasteiger partial charge in [0.15, 0.2) is 11.8 Å². The number of aromatic nitrogens is 3. The summed E-state index contributed by atoms with van der Waals surface area (Å²) in [6.45, 7) is 1.46. The standard InChI is InChI=1S/C27H29ClFN3O6/c28-17-10-20-26(32-27(31-20)38-22-12-37-24-21(33)11-36-25(22)24)30-19(17)8-14-2-1-13-7-16(9-18(29)23(13)14)35-6-5-34-15-3-4-15/h7,9-10,14-15,21-22,24-25,33H,1-6,8,11-12H2,(H,30,31,32)/t14?,21-,22-,24-,25-/m1/s1. The summed E-state index contributed by atoms with van der Waals surface area (Å²) in [4.78, 5) is 12.3. The Balaban J connectivity index is 1.04. The molecule has 1 saturated carbocycles. The average molecular weight is 546 g/mol. The topological polar surface area (TPSA) is 108 Å². The summed E-state index contributed by atoms with van der Waals surface area (Å²) in [5.74, 6) is 0.249. The second-order valence-electron chi connectivity index (χ2n) is 10.5. The third kappa shape index (κ3) is 4.73. The molecule has 3 fully saturated rings. The molecule has 2 aliphatic carbocycles. The van der Waals surface area contributed by atoms with Gasteiger partial charge in [-0.05, 0) is 61.3 Å². The predicted octanol–water partition coefficient (Wildman–Crippen LogP) is 3.49. The van der Waals surface area contributed by atoms with E-state index in [1.165, 1.54) is 6.07 Å². The maximum Gasteiger partial charge on any atom is 0.296 e. The minimum absolute atomic E-state index is 0.0344. The highest BCUT2D eigenvalue weighted by atomic mass is 35.5. The summed E-state index contributed by atoms with van der Waals surface area (Å²) in [5, 5.41) is 10.4. The van der Waals surface area contributed by atoms with Gasteiger partial charge in [0.25, 0.3) is 6.01 Å². The zero-order valence-electron chi connectivity index (χ0n) is 20.7. The second-order valence-corrected chi connectivity index (χ2v) is 10.9. The zero-order valence-corrected chi connectivity index (χ0v) is 21.5. The highest BCUT2D eigenvalue weighted by Gasteiger charge is 2.48. The zero-order chi connectivity index (χ0) is 25.8. The quantitative estimate of drug-likeness (QED) is 0.394. The summed E-state index contributed by atoms with van der Waals surface area (Å²) in [7, 11) is 0. The predicted molar refractivity (Wildman–Crippen MR) is 134 cm³/mol. The van der Waals surface area contributed by atoms with Crippen molar-refractivity contribution < 1.29 is 33.2 Å². The van der Waals surface area contributed by atoms with E-state index in [2.05, 4.69) is 15.0 Å².